The first-order chi connectivity index (χ1) is 7.72. The minimum Gasteiger partial charge on any atom is -0.452 e. The van der Waals surface area contributed by atoms with Crippen LogP contribution in [-0.4, -0.2) is 18.9 Å². The van der Waals surface area contributed by atoms with E-state index in [1.165, 1.54) is 7.11 Å². The number of ether oxygens (including phenoxy) is 1. The lowest BCUT2D eigenvalue weighted by Crippen LogP contribution is -2.17. The molecule has 1 N–H and O–H groups in total. The summed E-state index contributed by atoms with van der Waals surface area (Å²) in [7, 11) is 1.29. The molecule has 0 aromatic heterocycles. The van der Waals surface area contributed by atoms with Crippen molar-refractivity contribution in [1.82, 2.24) is 5.43 Å². The largest absolute Gasteiger partial charge is 0.452 e. The van der Waals surface area contributed by atoms with Crippen LogP contribution >= 0.6 is 0 Å². The molecule has 0 saturated carbocycles. The van der Waals surface area contributed by atoms with Crippen molar-refractivity contribution in [1.29, 1.82) is 0 Å². The Bertz CT molecular complexity index is 397. The molecule has 0 atom stereocenters. The smallest absolute Gasteiger partial charge is 0.427 e. The number of hydrogen-bond donors (Lipinski definition) is 1. The molecule has 4 heteroatoms. The van der Waals surface area contributed by atoms with Crippen LogP contribution in [0.2, 0.25) is 0 Å². The Morgan fingerprint density at radius 1 is 1.38 bits per heavy atom. The van der Waals surface area contributed by atoms with Gasteiger partial charge in [0.1, 0.15) is 0 Å². The number of carbonyl (C=O) groups excluding carboxylic acids is 1. The molecule has 0 aliphatic carbocycles. The maximum atomic E-state index is 10.7. The van der Waals surface area contributed by atoms with Crippen LogP contribution < -0.4 is 5.43 Å². The van der Waals surface area contributed by atoms with E-state index in [1.54, 1.807) is 6.92 Å². The van der Waals surface area contributed by atoms with Gasteiger partial charge in [-0.05, 0) is 18.6 Å². The van der Waals surface area contributed by atoms with Gasteiger partial charge in [-0.1, -0.05) is 36.4 Å². The third-order valence-electron chi connectivity index (χ3n) is 1.83. The fourth-order valence-electron chi connectivity index (χ4n) is 0.998. The number of hydrazone groups is 1. The van der Waals surface area contributed by atoms with Crippen LogP contribution in [0.4, 0.5) is 4.79 Å². The highest BCUT2D eigenvalue weighted by Gasteiger charge is 1.93. The highest BCUT2D eigenvalue weighted by Crippen LogP contribution is 2.00. The molecule has 0 aliphatic heterocycles. The van der Waals surface area contributed by atoms with Crippen molar-refractivity contribution < 1.29 is 9.53 Å². The second-order valence-corrected chi connectivity index (χ2v) is 3.10. The fourth-order valence-corrected chi connectivity index (χ4v) is 0.998. The van der Waals surface area contributed by atoms with Crippen molar-refractivity contribution in [3.05, 3.63) is 42.0 Å². The van der Waals surface area contributed by atoms with Gasteiger partial charge < -0.3 is 4.74 Å². The van der Waals surface area contributed by atoms with Crippen LogP contribution in [-0.2, 0) is 4.74 Å². The van der Waals surface area contributed by atoms with Gasteiger partial charge in [-0.25, -0.2) is 10.2 Å². The third-order valence-corrected chi connectivity index (χ3v) is 1.83. The zero-order chi connectivity index (χ0) is 11.8. The second kappa shape index (κ2) is 6.40. The molecule has 16 heavy (non-hydrogen) atoms. The Morgan fingerprint density at radius 3 is 2.69 bits per heavy atom. The Balaban J connectivity index is 2.54. The van der Waals surface area contributed by atoms with E-state index in [4.69, 9.17) is 0 Å². The quantitative estimate of drug-likeness (QED) is 0.625. The maximum absolute atomic E-state index is 10.7. The van der Waals surface area contributed by atoms with Crippen molar-refractivity contribution in [2.45, 2.75) is 6.92 Å². The molecule has 1 aromatic rings. The molecule has 0 radical (unpaired) electrons. The highest BCUT2D eigenvalue weighted by molar-refractivity contribution is 5.96. The second-order valence-electron chi connectivity index (χ2n) is 3.10. The average Bonchev–Trinajstić information content (AvgIpc) is 2.34. The summed E-state index contributed by atoms with van der Waals surface area (Å²) in [6, 6.07) is 9.84. The molecular weight excluding hydrogens is 204 g/mol. The Kier molecular flexibility index (Phi) is 4.79. The van der Waals surface area contributed by atoms with E-state index in [0.29, 0.717) is 5.71 Å². The van der Waals surface area contributed by atoms with Gasteiger partial charge in [0.2, 0.25) is 0 Å². The number of carbonyl (C=O) groups is 1. The number of allylic oxidation sites excluding steroid dienone is 1. The Morgan fingerprint density at radius 2 is 2.06 bits per heavy atom. The monoisotopic (exact) mass is 218 g/mol. The van der Waals surface area contributed by atoms with Crippen LogP contribution in [0.5, 0.6) is 0 Å². The van der Waals surface area contributed by atoms with Crippen molar-refractivity contribution in [2.24, 2.45) is 5.10 Å². The van der Waals surface area contributed by atoms with Crippen molar-refractivity contribution in [3.8, 4) is 0 Å². The maximum Gasteiger partial charge on any atom is 0.427 e. The van der Waals surface area contributed by atoms with Crippen LogP contribution in [0.3, 0.4) is 0 Å². The van der Waals surface area contributed by atoms with Gasteiger partial charge in [-0.15, -0.1) is 0 Å². The zero-order valence-corrected chi connectivity index (χ0v) is 9.31. The molecule has 0 heterocycles. The summed E-state index contributed by atoms with van der Waals surface area (Å²) in [5, 5.41) is 3.82. The zero-order valence-electron chi connectivity index (χ0n) is 9.31. The first-order valence-electron chi connectivity index (χ1n) is 4.84. The minimum absolute atomic E-state index is 0.576. The lowest BCUT2D eigenvalue weighted by Gasteiger charge is -1.97. The summed E-state index contributed by atoms with van der Waals surface area (Å²) in [6.07, 6.45) is 3.15. The normalized spacial score (nSPS) is 11.5. The van der Waals surface area contributed by atoms with Crippen LogP contribution in [0, 0.1) is 0 Å². The van der Waals surface area contributed by atoms with Gasteiger partial charge in [0.05, 0.1) is 12.8 Å². The van der Waals surface area contributed by atoms with Gasteiger partial charge in [0, 0.05) is 0 Å². The number of methoxy groups -OCH3 is 1. The minimum atomic E-state index is -0.576. The molecule has 0 aliphatic rings. The topological polar surface area (TPSA) is 50.7 Å². The summed E-state index contributed by atoms with van der Waals surface area (Å²) in [5.41, 5.74) is 4.01. The number of nitrogens with zero attached hydrogens (tertiary/aromatic N) is 1. The van der Waals surface area contributed by atoms with E-state index in [0.717, 1.165) is 5.56 Å². The summed E-state index contributed by atoms with van der Waals surface area (Å²) in [4.78, 5) is 10.7. The predicted molar refractivity (Wildman–Crippen MR) is 64.1 cm³/mol. The molecule has 4 nitrogen and oxygen atoms in total. The number of benzene rings is 1. The summed E-state index contributed by atoms with van der Waals surface area (Å²) in [6.45, 7) is 1.79. The number of hydrogen-bond acceptors (Lipinski definition) is 3. The fraction of sp³-hybridized carbons (Fsp3) is 0.167. The van der Waals surface area contributed by atoms with Crippen molar-refractivity contribution in [3.63, 3.8) is 0 Å². The molecular formula is C12H14N2O2. The molecule has 0 saturated heterocycles. The van der Waals surface area contributed by atoms with E-state index in [9.17, 15) is 4.79 Å². The SMILES string of the molecule is COC(=O)N/N=C(C)\C=C\c1ccccc1. The number of nitrogens with one attached hydrogen (secondary N) is 1. The van der Waals surface area contributed by atoms with Gasteiger partial charge in [-0.2, -0.15) is 5.10 Å². The first kappa shape index (κ1) is 12.0. The van der Waals surface area contributed by atoms with Gasteiger partial charge in [-0.3, -0.25) is 0 Å². The van der Waals surface area contributed by atoms with Crippen LogP contribution in [0.25, 0.3) is 6.08 Å². The summed E-state index contributed by atoms with van der Waals surface area (Å²) >= 11 is 0. The van der Waals surface area contributed by atoms with E-state index >= 15 is 0 Å². The first-order valence-corrected chi connectivity index (χ1v) is 4.84. The van der Waals surface area contributed by atoms with Gasteiger partial charge in [0.15, 0.2) is 0 Å². The number of rotatable bonds is 3. The van der Waals surface area contributed by atoms with E-state index < -0.39 is 6.09 Å². The molecule has 84 valence electrons. The van der Waals surface area contributed by atoms with E-state index in [2.05, 4.69) is 15.3 Å². The van der Waals surface area contributed by atoms with Gasteiger partial charge >= 0.3 is 6.09 Å². The van der Waals surface area contributed by atoms with Gasteiger partial charge in [0.25, 0.3) is 0 Å². The van der Waals surface area contributed by atoms with E-state index in [-0.39, 0.29) is 0 Å². The third kappa shape index (κ3) is 4.41. The predicted octanol–water partition coefficient (Wildman–Crippen LogP) is 2.43. The summed E-state index contributed by atoms with van der Waals surface area (Å²) in [5.74, 6) is 0. The average molecular weight is 218 g/mol. The Hall–Kier alpha value is -2.10. The molecule has 0 bridgehead atoms. The molecule has 1 amide bonds. The lowest BCUT2D eigenvalue weighted by atomic mass is 10.2. The van der Waals surface area contributed by atoms with Crippen LogP contribution in [0.1, 0.15) is 12.5 Å². The molecule has 0 spiro atoms. The van der Waals surface area contributed by atoms with Crippen molar-refractivity contribution >= 4 is 17.9 Å². The van der Waals surface area contributed by atoms with E-state index in [1.807, 2.05) is 42.5 Å². The highest BCUT2D eigenvalue weighted by atomic mass is 16.5. The Labute approximate surface area is 94.6 Å². The molecule has 0 unspecified atom stereocenters. The summed E-state index contributed by atoms with van der Waals surface area (Å²) < 4.78 is 4.38. The molecule has 1 rings (SSSR count). The molecule has 1 aromatic carbocycles. The number of amides is 1. The van der Waals surface area contributed by atoms with Crippen LogP contribution in [0.15, 0.2) is 41.5 Å². The molecule has 0 fully saturated rings. The lowest BCUT2D eigenvalue weighted by molar-refractivity contribution is 0.171. The standard InChI is InChI=1S/C12H14N2O2/c1-10(13-14-12(15)16-2)8-9-11-6-4-3-5-7-11/h3-9H,1-2H3,(H,14,15)/b9-8+,13-10-. The van der Waals surface area contributed by atoms with Crippen molar-refractivity contribution in [2.75, 3.05) is 7.11 Å².